The summed E-state index contributed by atoms with van der Waals surface area (Å²) in [4.78, 5) is 0. The van der Waals surface area contributed by atoms with Crippen LogP contribution in [0.1, 0.15) is 5.82 Å². The lowest BCUT2D eigenvalue weighted by Crippen LogP contribution is -2.20. The van der Waals surface area contributed by atoms with E-state index in [-0.39, 0.29) is 11.7 Å². The molecule has 0 atom stereocenters. The summed E-state index contributed by atoms with van der Waals surface area (Å²) in [5, 5.41) is 9.47. The topological polar surface area (TPSA) is 43.6 Å². The van der Waals surface area contributed by atoms with E-state index in [1.165, 1.54) is 0 Å². The van der Waals surface area contributed by atoms with Gasteiger partial charge in [0.2, 0.25) is 0 Å². The maximum absolute atomic E-state index is 11.8. The van der Waals surface area contributed by atoms with Gasteiger partial charge in [-0.05, 0) is 10.4 Å². The molecule has 0 aromatic carbocycles. The molecule has 0 aliphatic carbocycles. The molecule has 0 unspecified atom stereocenters. The standard InChI is InChI=1S/C4H4ClF3N4/c5-1-3-9-10-11-12(3)2-4(6,7)8/h1-2H2. The third kappa shape index (κ3) is 2.33. The van der Waals surface area contributed by atoms with Gasteiger partial charge in [0.15, 0.2) is 5.82 Å². The molecule has 1 aromatic rings. The normalized spacial score (nSPS) is 12.0. The van der Waals surface area contributed by atoms with Crippen LogP contribution in [0.15, 0.2) is 0 Å². The number of alkyl halides is 4. The van der Waals surface area contributed by atoms with E-state index < -0.39 is 12.7 Å². The molecule has 1 heterocycles. The number of tetrazole rings is 1. The van der Waals surface area contributed by atoms with E-state index in [4.69, 9.17) is 11.6 Å². The molecule has 0 aliphatic heterocycles. The predicted molar refractivity (Wildman–Crippen MR) is 33.4 cm³/mol. The van der Waals surface area contributed by atoms with Crippen molar-refractivity contribution in [1.29, 1.82) is 0 Å². The van der Waals surface area contributed by atoms with E-state index in [1.807, 2.05) is 0 Å². The number of hydrogen-bond donors (Lipinski definition) is 0. The van der Waals surface area contributed by atoms with Crippen molar-refractivity contribution in [3.8, 4) is 0 Å². The van der Waals surface area contributed by atoms with Crippen LogP contribution >= 0.6 is 11.6 Å². The third-order valence-electron chi connectivity index (χ3n) is 1.05. The van der Waals surface area contributed by atoms with Crippen LogP contribution in [-0.2, 0) is 12.4 Å². The molecule has 4 nitrogen and oxygen atoms in total. The average molecular weight is 201 g/mol. The van der Waals surface area contributed by atoms with Gasteiger partial charge in [-0.3, -0.25) is 0 Å². The summed E-state index contributed by atoms with van der Waals surface area (Å²) in [7, 11) is 0. The van der Waals surface area contributed by atoms with E-state index in [0.717, 1.165) is 0 Å². The van der Waals surface area contributed by atoms with Crippen LogP contribution in [0.4, 0.5) is 13.2 Å². The van der Waals surface area contributed by atoms with Gasteiger partial charge in [0.05, 0.1) is 5.88 Å². The van der Waals surface area contributed by atoms with Crippen molar-refractivity contribution >= 4 is 11.6 Å². The van der Waals surface area contributed by atoms with Crippen molar-refractivity contribution < 1.29 is 13.2 Å². The molecule has 0 N–H and O–H groups in total. The Bertz CT molecular complexity index is 257. The minimum Gasteiger partial charge on any atom is -0.219 e. The molecule has 0 radical (unpaired) electrons. The van der Waals surface area contributed by atoms with Gasteiger partial charge in [0.25, 0.3) is 0 Å². The van der Waals surface area contributed by atoms with E-state index in [9.17, 15) is 13.2 Å². The van der Waals surface area contributed by atoms with E-state index in [1.54, 1.807) is 0 Å². The highest BCUT2D eigenvalue weighted by Crippen LogP contribution is 2.17. The van der Waals surface area contributed by atoms with Gasteiger partial charge in [-0.25, -0.2) is 4.68 Å². The summed E-state index contributed by atoms with van der Waals surface area (Å²) in [6.45, 7) is -1.21. The van der Waals surface area contributed by atoms with Crippen molar-refractivity contribution in [1.82, 2.24) is 20.2 Å². The van der Waals surface area contributed by atoms with Crippen LogP contribution in [0.25, 0.3) is 0 Å². The monoisotopic (exact) mass is 200 g/mol. The molecule has 1 rings (SSSR count). The highest BCUT2D eigenvalue weighted by Gasteiger charge is 2.29. The van der Waals surface area contributed by atoms with Gasteiger partial charge in [0.1, 0.15) is 6.54 Å². The zero-order valence-electron chi connectivity index (χ0n) is 5.71. The Morgan fingerprint density at radius 1 is 1.42 bits per heavy atom. The Morgan fingerprint density at radius 2 is 2.08 bits per heavy atom. The number of nitrogens with zero attached hydrogens (tertiary/aromatic N) is 4. The predicted octanol–water partition coefficient (Wildman–Crippen LogP) is 0.974. The second-order valence-electron chi connectivity index (χ2n) is 2.00. The Hall–Kier alpha value is -0.850. The first-order valence-electron chi connectivity index (χ1n) is 2.90. The molecule has 0 bridgehead atoms. The lowest BCUT2D eigenvalue weighted by molar-refractivity contribution is -0.143. The van der Waals surface area contributed by atoms with Crippen molar-refractivity contribution in [2.75, 3.05) is 0 Å². The Morgan fingerprint density at radius 3 is 2.58 bits per heavy atom. The quantitative estimate of drug-likeness (QED) is 0.669. The van der Waals surface area contributed by atoms with E-state index in [0.29, 0.717) is 4.68 Å². The van der Waals surface area contributed by atoms with Gasteiger partial charge in [0, 0.05) is 0 Å². The summed E-state index contributed by atoms with van der Waals surface area (Å²) in [6.07, 6.45) is -4.32. The van der Waals surface area contributed by atoms with E-state index in [2.05, 4.69) is 15.5 Å². The molecule has 0 fully saturated rings. The number of rotatable bonds is 2. The second kappa shape index (κ2) is 3.26. The zero-order chi connectivity index (χ0) is 9.19. The van der Waals surface area contributed by atoms with Crippen LogP contribution in [0.3, 0.4) is 0 Å². The lowest BCUT2D eigenvalue weighted by Gasteiger charge is -2.05. The fraction of sp³-hybridized carbons (Fsp3) is 0.750. The first-order valence-corrected chi connectivity index (χ1v) is 3.44. The Labute approximate surface area is 70.3 Å². The highest BCUT2D eigenvalue weighted by molar-refractivity contribution is 6.16. The van der Waals surface area contributed by atoms with Crippen molar-refractivity contribution in [2.24, 2.45) is 0 Å². The first kappa shape index (κ1) is 9.24. The summed E-state index contributed by atoms with van der Waals surface area (Å²) in [5.74, 6) is -0.128. The summed E-state index contributed by atoms with van der Waals surface area (Å²) in [6, 6.07) is 0. The molecule has 0 aliphatic rings. The molecule has 0 saturated heterocycles. The maximum atomic E-state index is 11.8. The van der Waals surface area contributed by atoms with Gasteiger partial charge >= 0.3 is 6.18 Å². The van der Waals surface area contributed by atoms with Crippen molar-refractivity contribution in [3.05, 3.63) is 5.82 Å². The smallest absolute Gasteiger partial charge is 0.219 e. The van der Waals surface area contributed by atoms with Crippen LogP contribution in [0.5, 0.6) is 0 Å². The Kier molecular flexibility index (Phi) is 2.51. The van der Waals surface area contributed by atoms with Crippen molar-refractivity contribution in [2.45, 2.75) is 18.6 Å². The van der Waals surface area contributed by atoms with Gasteiger partial charge < -0.3 is 0 Å². The third-order valence-corrected chi connectivity index (χ3v) is 1.29. The van der Waals surface area contributed by atoms with Crippen LogP contribution in [-0.4, -0.2) is 26.4 Å². The van der Waals surface area contributed by atoms with Crippen LogP contribution < -0.4 is 0 Å². The molecule has 0 spiro atoms. The molecule has 0 amide bonds. The fourth-order valence-corrected chi connectivity index (χ4v) is 0.803. The second-order valence-corrected chi connectivity index (χ2v) is 2.27. The summed E-state index contributed by atoms with van der Waals surface area (Å²) in [5.41, 5.74) is 0. The largest absolute Gasteiger partial charge is 0.408 e. The number of halogens is 4. The summed E-state index contributed by atoms with van der Waals surface area (Å²) < 4.78 is 35.9. The maximum Gasteiger partial charge on any atom is 0.408 e. The molecule has 8 heteroatoms. The molecule has 12 heavy (non-hydrogen) atoms. The van der Waals surface area contributed by atoms with Crippen molar-refractivity contribution in [3.63, 3.8) is 0 Å². The van der Waals surface area contributed by atoms with E-state index >= 15 is 0 Å². The molecular weight excluding hydrogens is 197 g/mol. The minimum absolute atomic E-state index is 0.00833. The zero-order valence-corrected chi connectivity index (χ0v) is 6.47. The average Bonchev–Trinajstić information content (AvgIpc) is 2.31. The molecule has 1 aromatic heterocycles. The molecule has 0 saturated carbocycles. The SMILES string of the molecule is FC(F)(F)Cn1nnnc1CCl. The minimum atomic E-state index is -4.32. The number of aromatic nitrogens is 4. The summed E-state index contributed by atoms with van der Waals surface area (Å²) >= 11 is 5.27. The van der Waals surface area contributed by atoms with Crippen LogP contribution in [0, 0.1) is 0 Å². The molecule has 68 valence electrons. The lowest BCUT2D eigenvalue weighted by atomic mass is 10.6. The van der Waals surface area contributed by atoms with Gasteiger partial charge in [-0.1, -0.05) is 0 Å². The highest BCUT2D eigenvalue weighted by atomic mass is 35.5. The van der Waals surface area contributed by atoms with Crippen LogP contribution in [0.2, 0.25) is 0 Å². The fourth-order valence-electron chi connectivity index (χ4n) is 0.612. The van der Waals surface area contributed by atoms with Gasteiger partial charge in [-0.2, -0.15) is 13.2 Å². The molecular formula is C4H4ClF3N4. The first-order chi connectivity index (χ1) is 5.53. The van der Waals surface area contributed by atoms with Gasteiger partial charge in [-0.15, -0.1) is 16.7 Å². The number of hydrogen-bond acceptors (Lipinski definition) is 3. The Balaban J connectivity index is 2.75.